The van der Waals surface area contributed by atoms with E-state index in [1.54, 1.807) is 0 Å². The summed E-state index contributed by atoms with van der Waals surface area (Å²) in [7, 11) is 0. The van der Waals surface area contributed by atoms with Crippen molar-refractivity contribution < 1.29 is 19.8 Å². The van der Waals surface area contributed by atoms with Gasteiger partial charge in [0.25, 0.3) is 0 Å². The van der Waals surface area contributed by atoms with E-state index >= 15 is 0 Å². The molecule has 1 aliphatic carbocycles. The van der Waals surface area contributed by atoms with Crippen molar-refractivity contribution >= 4 is 11.6 Å². The van der Waals surface area contributed by atoms with Gasteiger partial charge in [0.05, 0.1) is 0 Å². The molecule has 29 heavy (non-hydrogen) atoms. The zero-order valence-corrected chi connectivity index (χ0v) is 17.6. The zero-order valence-electron chi connectivity index (χ0n) is 17.6. The predicted octanol–water partition coefficient (Wildman–Crippen LogP) is 5.63. The third-order valence-electron chi connectivity index (χ3n) is 5.74. The number of rotatable bonds is 14. The molecule has 1 aromatic rings. The van der Waals surface area contributed by atoms with Gasteiger partial charge < -0.3 is 10.2 Å². The highest BCUT2D eigenvalue weighted by molar-refractivity contribution is 6.21. The monoisotopic (exact) mass is 400 g/mol. The van der Waals surface area contributed by atoms with Crippen LogP contribution in [0.5, 0.6) is 0 Å². The van der Waals surface area contributed by atoms with Gasteiger partial charge in [-0.05, 0) is 31.2 Å². The van der Waals surface area contributed by atoms with Crippen molar-refractivity contribution in [2.45, 2.75) is 96.0 Å². The van der Waals surface area contributed by atoms with Crippen molar-refractivity contribution in [3.63, 3.8) is 0 Å². The molecule has 0 fully saturated rings. The van der Waals surface area contributed by atoms with E-state index in [1.165, 1.54) is 56.9 Å². The highest BCUT2D eigenvalue weighted by Gasteiger charge is 2.30. The first-order valence-corrected chi connectivity index (χ1v) is 11.3. The van der Waals surface area contributed by atoms with Gasteiger partial charge in [-0.3, -0.25) is 9.59 Å². The second kappa shape index (κ2) is 13.3. The molecule has 0 amide bonds. The summed E-state index contributed by atoms with van der Waals surface area (Å²) in [6.07, 6.45) is 12.4. The molecule has 0 aliphatic heterocycles. The van der Waals surface area contributed by atoms with Crippen molar-refractivity contribution in [2.24, 2.45) is 0 Å². The molecule has 2 N–H and O–H groups in total. The molecule has 0 spiro atoms. The van der Waals surface area contributed by atoms with Crippen LogP contribution in [0.3, 0.4) is 0 Å². The standard InChI is InChI=1S/C25H36O4/c26-21(24-22(27)18-19-23(28)25(24)29)17-13-8-6-4-2-1-3-5-7-10-14-20-15-11-9-12-16-20/h9,11-12,15-16,23,28-29H,1-8,10,13-14,17-19H2/t23-/m0/s1. The average Bonchev–Trinajstić information content (AvgIpc) is 2.72. The summed E-state index contributed by atoms with van der Waals surface area (Å²) in [6, 6.07) is 10.7. The summed E-state index contributed by atoms with van der Waals surface area (Å²) in [5, 5.41) is 19.4. The number of unbranched alkanes of at least 4 members (excludes halogenated alkanes) is 9. The van der Waals surface area contributed by atoms with Crippen LogP contribution < -0.4 is 0 Å². The van der Waals surface area contributed by atoms with Crippen molar-refractivity contribution in [1.29, 1.82) is 0 Å². The van der Waals surface area contributed by atoms with Crippen LogP contribution in [0, 0.1) is 0 Å². The second-order valence-electron chi connectivity index (χ2n) is 8.18. The van der Waals surface area contributed by atoms with Crippen LogP contribution >= 0.6 is 0 Å². The number of carbonyl (C=O) groups excluding carboxylic acids is 2. The van der Waals surface area contributed by atoms with E-state index in [0.29, 0.717) is 0 Å². The summed E-state index contributed by atoms with van der Waals surface area (Å²) in [6.45, 7) is 0. The molecule has 1 aliphatic rings. The topological polar surface area (TPSA) is 74.6 Å². The molecule has 4 heteroatoms. The Hall–Kier alpha value is -1.94. The zero-order chi connectivity index (χ0) is 20.9. The van der Waals surface area contributed by atoms with Crippen molar-refractivity contribution in [3.05, 3.63) is 47.2 Å². The third kappa shape index (κ3) is 8.53. The fourth-order valence-electron chi connectivity index (χ4n) is 3.94. The summed E-state index contributed by atoms with van der Waals surface area (Å²) in [5.74, 6) is -1.07. The molecular formula is C25H36O4. The predicted molar refractivity (Wildman–Crippen MR) is 116 cm³/mol. The van der Waals surface area contributed by atoms with E-state index in [-0.39, 0.29) is 36.4 Å². The molecule has 160 valence electrons. The number of hydrogen-bond acceptors (Lipinski definition) is 4. The number of aliphatic hydroxyl groups excluding tert-OH is 2. The number of carbonyl (C=O) groups is 2. The lowest BCUT2D eigenvalue weighted by Gasteiger charge is -2.18. The number of hydrogen-bond donors (Lipinski definition) is 2. The van der Waals surface area contributed by atoms with Gasteiger partial charge in [-0.25, -0.2) is 0 Å². The Morgan fingerprint density at radius 1 is 0.862 bits per heavy atom. The first-order valence-electron chi connectivity index (χ1n) is 11.3. The van der Waals surface area contributed by atoms with E-state index in [1.807, 2.05) is 0 Å². The molecule has 0 saturated heterocycles. The van der Waals surface area contributed by atoms with Crippen LogP contribution in [0.25, 0.3) is 0 Å². The number of benzene rings is 1. The van der Waals surface area contributed by atoms with Gasteiger partial charge >= 0.3 is 0 Å². The maximum atomic E-state index is 12.2. The van der Waals surface area contributed by atoms with Crippen molar-refractivity contribution in [3.8, 4) is 0 Å². The Morgan fingerprint density at radius 2 is 1.41 bits per heavy atom. The van der Waals surface area contributed by atoms with Gasteiger partial charge in [-0.15, -0.1) is 0 Å². The molecule has 2 rings (SSSR count). The van der Waals surface area contributed by atoms with Crippen molar-refractivity contribution in [2.75, 3.05) is 0 Å². The maximum Gasteiger partial charge on any atom is 0.170 e. The molecule has 1 aromatic carbocycles. The number of allylic oxidation sites excluding steroid dienone is 1. The molecule has 0 unspecified atom stereocenters. The molecule has 4 nitrogen and oxygen atoms in total. The lowest BCUT2D eigenvalue weighted by Crippen LogP contribution is -2.27. The third-order valence-corrected chi connectivity index (χ3v) is 5.74. The molecular weight excluding hydrogens is 364 g/mol. The SMILES string of the molecule is O=C(CCCCCCCCCCCCc1ccccc1)C1=C(O)[C@@H](O)CCC1=O. The number of ketones is 2. The maximum absolute atomic E-state index is 12.2. The van der Waals surface area contributed by atoms with E-state index < -0.39 is 11.9 Å². The summed E-state index contributed by atoms with van der Waals surface area (Å²) >= 11 is 0. The van der Waals surface area contributed by atoms with Crippen molar-refractivity contribution in [1.82, 2.24) is 0 Å². The Labute approximate surface area is 175 Å². The van der Waals surface area contributed by atoms with Crippen LogP contribution in [-0.2, 0) is 16.0 Å². The number of aliphatic hydroxyl groups is 2. The normalized spacial score (nSPS) is 17.0. The van der Waals surface area contributed by atoms with E-state index in [0.717, 1.165) is 19.3 Å². The highest BCUT2D eigenvalue weighted by atomic mass is 16.3. The van der Waals surface area contributed by atoms with E-state index in [2.05, 4.69) is 30.3 Å². The van der Waals surface area contributed by atoms with Gasteiger partial charge in [0.1, 0.15) is 17.4 Å². The number of aryl methyl sites for hydroxylation is 1. The molecule has 0 saturated carbocycles. The van der Waals surface area contributed by atoms with Gasteiger partial charge in [-0.1, -0.05) is 81.7 Å². The smallest absolute Gasteiger partial charge is 0.170 e. The minimum absolute atomic E-state index is 0.137. The van der Waals surface area contributed by atoms with Gasteiger partial charge in [0.15, 0.2) is 11.6 Å². The Balaban J connectivity index is 1.43. The Morgan fingerprint density at radius 3 is 2.03 bits per heavy atom. The van der Waals surface area contributed by atoms with Crippen LogP contribution in [-0.4, -0.2) is 27.9 Å². The largest absolute Gasteiger partial charge is 0.509 e. The van der Waals surface area contributed by atoms with E-state index in [9.17, 15) is 19.8 Å². The lowest BCUT2D eigenvalue weighted by molar-refractivity contribution is -0.123. The molecule has 0 bridgehead atoms. The number of Topliss-reactive ketones (excluding diaryl/α,β-unsaturated/α-hetero) is 2. The summed E-state index contributed by atoms with van der Waals surface area (Å²) in [4.78, 5) is 24.0. The average molecular weight is 401 g/mol. The molecule has 0 heterocycles. The fraction of sp³-hybridized carbons (Fsp3) is 0.600. The van der Waals surface area contributed by atoms with Gasteiger partial charge in [0, 0.05) is 12.8 Å². The van der Waals surface area contributed by atoms with Gasteiger partial charge in [-0.2, -0.15) is 0 Å². The van der Waals surface area contributed by atoms with Crippen LogP contribution in [0.4, 0.5) is 0 Å². The summed E-state index contributed by atoms with van der Waals surface area (Å²) < 4.78 is 0. The van der Waals surface area contributed by atoms with Crippen LogP contribution in [0.2, 0.25) is 0 Å². The second-order valence-corrected chi connectivity index (χ2v) is 8.18. The Bertz CT molecular complexity index is 663. The molecule has 0 aromatic heterocycles. The minimum atomic E-state index is -1.06. The van der Waals surface area contributed by atoms with Crippen LogP contribution in [0.1, 0.15) is 89.0 Å². The highest BCUT2D eigenvalue weighted by Crippen LogP contribution is 2.23. The molecule has 0 radical (unpaired) electrons. The Kier molecular flexibility index (Phi) is 10.7. The van der Waals surface area contributed by atoms with Gasteiger partial charge in [0.2, 0.25) is 0 Å². The lowest BCUT2D eigenvalue weighted by atomic mass is 9.89. The van der Waals surface area contributed by atoms with E-state index in [4.69, 9.17) is 0 Å². The first-order chi connectivity index (χ1) is 14.1. The fourth-order valence-corrected chi connectivity index (χ4v) is 3.94. The van der Waals surface area contributed by atoms with Crippen LogP contribution in [0.15, 0.2) is 41.7 Å². The quantitative estimate of drug-likeness (QED) is 0.314. The summed E-state index contributed by atoms with van der Waals surface area (Å²) in [5.41, 5.74) is 1.28. The first kappa shape index (κ1) is 23.3. The molecule has 1 atom stereocenters. The minimum Gasteiger partial charge on any atom is -0.509 e.